The Kier molecular flexibility index (Phi) is 3.61. The fourth-order valence-corrected chi connectivity index (χ4v) is 4.52. The molecule has 3 heterocycles. The fraction of sp³-hybridized carbons (Fsp3) is 0.500. The van der Waals surface area contributed by atoms with Crippen molar-refractivity contribution in [1.29, 1.82) is 0 Å². The summed E-state index contributed by atoms with van der Waals surface area (Å²) in [6.07, 6.45) is 0.440. The molecule has 0 spiro atoms. The zero-order valence-electron chi connectivity index (χ0n) is 11.0. The Morgan fingerprint density at radius 2 is 2.35 bits per heavy atom. The molecule has 3 rings (SSSR count). The van der Waals surface area contributed by atoms with Crippen LogP contribution in [0.5, 0.6) is 0 Å². The van der Waals surface area contributed by atoms with Gasteiger partial charge >= 0.3 is 0 Å². The number of hydrogen-bond donors (Lipinski definition) is 1. The highest BCUT2D eigenvalue weighted by molar-refractivity contribution is 7.91. The molecule has 0 aliphatic carbocycles. The van der Waals surface area contributed by atoms with Gasteiger partial charge < -0.3 is 9.84 Å². The third-order valence-electron chi connectivity index (χ3n) is 3.29. The summed E-state index contributed by atoms with van der Waals surface area (Å²) in [5.41, 5.74) is 2.08. The minimum absolute atomic E-state index is 0.127. The first-order valence-corrected chi connectivity index (χ1v) is 9.09. The number of rotatable bonds is 3. The van der Waals surface area contributed by atoms with Crippen molar-refractivity contribution in [3.63, 3.8) is 0 Å². The molecular weight excluding hydrogens is 298 g/mol. The van der Waals surface area contributed by atoms with Crippen LogP contribution in [-0.2, 0) is 16.3 Å². The highest BCUT2D eigenvalue weighted by atomic mass is 32.2. The van der Waals surface area contributed by atoms with Gasteiger partial charge in [0, 0.05) is 30.0 Å². The van der Waals surface area contributed by atoms with E-state index in [0.717, 1.165) is 11.1 Å². The zero-order chi connectivity index (χ0) is 14.2. The Morgan fingerprint density at radius 3 is 3.05 bits per heavy atom. The summed E-state index contributed by atoms with van der Waals surface area (Å²) in [5.74, 6) is 1.37. The van der Waals surface area contributed by atoms with Crippen molar-refractivity contribution in [2.45, 2.75) is 19.4 Å². The van der Waals surface area contributed by atoms with Crippen molar-refractivity contribution in [1.82, 2.24) is 15.5 Å². The van der Waals surface area contributed by atoms with Gasteiger partial charge in [0.15, 0.2) is 9.84 Å². The molecule has 108 valence electrons. The number of thiophene rings is 1. The topological polar surface area (TPSA) is 85.1 Å². The van der Waals surface area contributed by atoms with Crippen LogP contribution in [0.4, 0.5) is 0 Å². The maximum atomic E-state index is 11.6. The Balaban J connectivity index is 1.73. The van der Waals surface area contributed by atoms with Gasteiger partial charge in [-0.05, 0) is 17.9 Å². The van der Waals surface area contributed by atoms with Crippen molar-refractivity contribution in [3.8, 4) is 11.4 Å². The van der Waals surface area contributed by atoms with Crippen LogP contribution >= 0.6 is 11.3 Å². The van der Waals surface area contributed by atoms with E-state index in [-0.39, 0.29) is 17.5 Å². The van der Waals surface area contributed by atoms with Crippen LogP contribution in [-0.4, -0.2) is 42.7 Å². The van der Waals surface area contributed by atoms with Gasteiger partial charge in [-0.2, -0.15) is 16.3 Å². The molecule has 0 radical (unpaired) electrons. The molecule has 2 aromatic heterocycles. The number of nitrogens with one attached hydrogen (secondary N) is 1. The second-order valence-corrected chi connectivity index (χ2v) is 7.92. The summed E-state index contributed by atoms with van der Waals surface area (Å²) in [5, 5.41) is 11.1. The first-order chi connectivity index (χ1) is 9.53. The second-order valence-electron chi connectivity index (χ2n) is 4.95. The predicted octanol–water partition coefficient (Wildman–Crippen LogP) is 1.04. The van der Waals surface area contributed by atoms with Gasteiger partial charge in [0.1, 0.15) is 0 Å². The maximum Gasteiger partial charge on any atom is 0.228 e. The second kappa shape index (κ2) is 5.27. The molecule has 1 fully saturated rings. The molecule has 20 heavy (non-hydrogen) atoms. The van der Waals surface area contributed by atoms with Crippen LogP contribution in [0, 0.1) is 6.92 Å². The smallest absolute Gasteiger partial charge is 0.228 e. The van der Waals surface area contributed by atoms with Crippen molar-refractivity contribution < 1.29 is 12.9 Å². The van der Waals surface area contributed by atoms with Gasteiger partial charge in [0.05, 0.1) is 11.5 Å². The van der Waals surface area contributed by atoms with Crippen LogP contribution < -0.4 is 5.32 Å². The van der Waals surface area contributed by atoms with E-state index < -0.39 is 9.84 Å². The van der Waals surface area contributed by atoms with E-state index in [0.29, 0.717) is 24.7 Å². The van der Waals surface area contributed by atoms with E-state index in [1.165, 1.54) is 0 Å². The van der Waals surface area contributed by atoms with E-state index in [2.05, 4.69) is 15.5 Å². The molecule has 2 aromatic rings. The number of sulfone groups is 1. The van der Waals surface area contributed by atoms with E-state index in [1.807, 2.05) is 17.7 Å². The predicted molar refractivity (Wildman–Crippen MR) is 76.5 cm³/mol. The SMILES string of the molecule is Cc1cscc1-c1noc(CC2CS(=O)(=O)CCN2)n1. The van der Waals surface area contributed by atoms with Crippen LogP contribution in [0.3, 0.4) is 0 Å². The summed E-state index contributed by atoms with van der Waals surface area (Å²) < 4.78 is 28.4. The Hall–Kier alpha value is -1.25. The van der Waals surface area contributed by atoms with Crippen molar-refractivity contribution in [2.24, 2.45) is 0 Å². The lowest BCUT2D eigenvalue weighted by atomic mass is 10.2. The Bertz CT molecular complexity index is 705. The number of hydrogen-bond acceptors (Lipinski definition) is 7. The molecule has 0 saturated carbocycles. The standard InChI is InChI=1S/C12H15N3O3S2/c1-8-5-19-6-10(8)12-14-11(18-15-12)4-9-7-20(16,17)3-2-13-9/h5-6,9,13H,2-4,7H2,1H3. The summed E-state index contributed by atoms with van der Waals surface area (Å²) in [6.45, 7) is 2.48. The Labute approximate surface area is 121 Å². The van der Waals surface area contributed by atoms with Crippen molar-refractivity contribution in [3.05, 3.63) is 22.2 Å². The van der Waals surface area contributed by atoms with Gasteiger partial charge in [-0.25, -0.2) is 8.42 Å². The van der Waals surface area contributed by atoms with Gasteiger partial charge in [-0.15, -0.1) is 0 Å². The lowest BCUT2D eigenvalue weighted by molar-refractivity contribution is 0.361. The normalized spacial score (nSPS) is 21.9. The summed E-state index contributed by atoms with van der Waals surface area (Å²) in [7, 11) is -2.95. The van der Waals surface area contributed by atoms with Crippen LogP contribution in [0.2, 0.25) is 0 Å². The lowest BCUT2D eigenvalue weighted by Crippen LogP contribution is -2.46. The molecule has 0 bridgehead atoms. The highest BCUT2D eigenvalue weighted by Crippen LogP contribution is 2.24. The van der Waals surface area contributed by atoms with Crippen LogP contribution in [0.1, 0.15) is 11.5 Å². The van der Waals surface area contributed by atoms with Gasteiger partial charge in [0.25, 0.3) is 0 Å². The summed E-state index contributed by atoms with van der Waals surface area (Å²) in [6, 6.07) is -0.148. The molecule has 1 aliphatic rings. The molecule has 1 atom stereocenters. The zero-order valence-corrected chi connectivity index (χ0v) is 12.6. The van der Waals surface area contributed by atoms with E-state index in [4.69, 9.17) is 4.52 Å². The molecule has 1 aliphatic heterocycles. The molecule has 0 aromatic carbocycles. The Morgan fingerprint density at radius 1 is 1.50 bits per heavy atom. The van der Waals surface area contributed by atoms with Crippen LogP contribution in [0.25, 0.3) is 11.4 Å². The van der Waals surface area contributed by atoms with Crippen molar-refractivity contribution >= 4 is 21.2 Å². The van der Waals surface area contributed by atoms with Gasteiger partial charge in [-0.3, -0.25) is 0 Å². The molecular formula is C12H15N3O3S2. The van der Waals surface area contributed by atoms with E-state index >= 15 is 0 Å². The molecule has 1 saturated heterocycles. The molecule has 8 heteroatoms. The quantitative estimate of drug-likeness (QED) is 0.911. The van der Waals surface area contributed by atoms with E-state index in [9.17, 15) is 8.42 Å². The largest absolute Gasteiger partial charge is 0.339 e. The highest BCUT2D eigenvalue weighted by Gasteiger charge is 2.26. The average Bonchev–Trinajstić information content (AvgIpc) is 2.96. The van der Waals surface area contributed by atoms with Gasteiger partial charge in [-0.1, -0.05) is 5.16 Å². The minimum Gasteiger partial charge on any atom is -0.339 e. The summed E-state index contributed by atoms with van der Waals surface area (Å²) >= 11 is 1.59. The van der Waals surface area contributed by atoms with Crippen molar-refractivity contribution in [2.75, 3.05) is 18.1 Å². The summed E-state index contributed by atoms with van der Waals surface area (Å²) in [4.78, 5) is 4.35. The first-order valence-electron chi connectivity index (χ1n) is 6.33. The molecule has 6 nitrogen and oxygen atoms in total. The van der Waals surface area contributed by atoms with E-state index in [1.54, 1.807) is 11.3 Å². The third-order valence-corrected chi connectivity index (χ3v) is 5.88. The number of aryl methyl sites for hydroxylation is 1. The molecule has 1 N–H and O–H groups in total. The monoisotopic (exact) mass is 313 g/mol. The molecule has 0 amide bonds. The number of aromatic nitrogens is 2. The minimum atomic E-state index is -2.95. The lowest BCUT2D eigenvalue weighted by Gasteiger charge is -2.21. The van der Waals surface area contributed by atoms with Gasteiger partial charge in [0.2, 0.25) is 11.7 Å². The first kappa shape index (κ1) is 13.7. The number of nitrogens with zero attached hydrogens (tertiary/aromatic N) is 2. The fourth-order valence-electron chi connectivity index (χ4n) is 2.25. The third kappa shape index (κ3) is 2.92. The average molecular weight is 313 g/mol. The molecule has 1 unspecified atom stereocenters. The maximum absolute atomic E-state index is 11.6. The van der Waals surface area contributed by atoms with Crippen LogP contribution in [0.15, 0.2) is 15.3 Å².